The van der Waals surface area contributed by atoms with Gasteiger partial charge in [-0.3, -0.25) is 14.9 Å². The van der Waals surface area contributed by atoms with Crippen LogP contribution in [0, 0.1) is 29.9 Å². The van der Waals surface area contributed by atoms with Crippen LogP contribution < -0.4 is 4.90 Å². The lowest BCUT2D eigenvalue weighted by atomic mass is 10.1. The Hall–Kier alpha value is -1.56. The van der Waals surface area contributed by atoms with Crippen LogP contribution in [-0.4, -0.2) is 23.1 Å². The second kappa shape index (κ2) is 5.21. The Morgan fingerprint density at radius 3 is 2.63 bits per heavy atom. The van der Waals surface area contributed by atoms with Crippen molar-refractivity contribution >= 4 is 29.9 Å². The van der Waals surface area contributed by atoms with Crippen LogP contribution in [0.15, 0.2) is 12.1 Å². The topological polar surface area (TPSA) is 63.5 Å². The van der Waals surface area contributed by atoms with Crippen LogP contribution in [0.3, 0.4) is 0 Å². The molecule has 1 heterocycles. The molecule has 0 saturated carbocycles. The molecule has 6 heteroatoms. The van der Waals surface area contributed by atoms with Crippen molar-refractivity contribution in [3.8, 4) is 0 Å². The average Bonchev–Trinajstić information content (AvgIpc) is 2.70. The molecule has 1 amide bonds. The van der Waals surface area contributed by atoms with Gasteiger partial charge in [0.15, 0.2) is 0 Å². The molecule has 1 aliphatic heterocycles. The van der Waals surface area contributed by atoms with Crippen molar-refractivity contribution in [1.82, 2.24) is 0 Å². The molecule has 0 aliphatic carbocycles. The fourth-order valence-corrected chi connectivity index (χ4v) is 2.70. The van der Waals surface area contributed by atoms with E-state index in [9.17, 15) is 14.9 Å². The standard InChI is InChI=1S/C13H16N2O3S/c1-8-3-9(2)12(15(17)18)5-11(8)14-6-10(7-19)4-13(14)16/h3,5,10,19H,4,6-7H2,1-2H3. The minimum Gasteiger partial charge on any atom is -0.312 e. The van der Waals surface area contributed by atoms with E-state index in [1.165, 1.54) is 6.07 Å². The molecule has 0 spiro atoms. The predicted molar refractivity (Wildman–Crippen MR) is 76.9 cm³/mol. The first-order chi connectivity index (χ1) is 8.93. The van der Waals surface area contributed by atoms with E-state index >= 15 is 0 Å². The summed E-state index contributed by atoms with van der Waals surface area (Å²) in [5.74, 6) is 0.880. The first-order valence-electron chi connectivity index (χ1n) is 6.11. The van der Waals surface area contributed by atoms with Crippen LogP contribution in [0.1, 0.15) is 17.5 Å². The van der Waals surface area contributed by atoms with E-state index in [0.717, 1.165) is 5.56 Å². The molecule has 1 unspecified atom stereocenters. The molecule has 0 aromatic heterocycles. The van der Waals surface area contributed by atoms with Gasteiger partial charge in [0.1, 0.15) is 0 Å². The van der Waals surface area contributed by atoms with Gasteiger partial charge in [0.25, 0.3) is 5.69 Å². The zero-order valence-electron chi connectivity index (χ0n) is 10.9. The maximum absolute atomic E-state index is 12.0. The first-order valence-corrected chi connectivity index (χ1v) is 6.74. The Morgan fingerprint density at radius 1 is 1.42 bits per heavy atom. The molecule has 5 nitrogen and oxygen atoms in total. The van der Waals surface area contributed by atoms with E-state index in [1.54, 1.807) is 17.9 Å². The number of aryl methyl sites for hydroxylation is 2. The fourth-order valence-electron chi connectivity index (χ4n) is 2.45. The van der Waals surface area contributed by atoms with E-state index in [0.29, 0.717) is 30.0 Å². The summed E-state index contributed by atoms with van der Waals surface area (Å²) in [6.07, 6.45) is 0.463. The Balaban J connectivity index is 2.42. The number of thiol groups is 1. The monoisotopic (exact) mass is 280 g/mol. The largest absolute Gasteiger partial charge is 0.312 e. The summed E-state index contributed by atoms with van der Waals surface area (Å²) in [6.45, 7) is 4.16. The zero-order valence-corrected chi connectivity index (χ0v) is 11.8. The molecule has 19 heavy (non-hydrogen) atoms. The lowest BCUT2D eigenvalue weighted by molar-refractivity contribution is -0.385. The number of hydrogen-bond acceptors (Lipinski definition) is 4. The number of hydrogen-bond donors (Lipinski definition) is 1. The second-order valence-electron chi connectivity index (χ2n) is 4.94. The number of amides is 1. The van der Waals surface area contributed by atoms with Gasteiger partial charge in [0, 0.05) is 24.6 Å². The summed E-state index contributed by atoms with van der Waals surface area (Å²) >= 11 is 4.22. The molecule has 1 saturated heterocycles. The Bertz CT molecular complexity index is 545. The molecule has 1 atom stereocenters. The molecule has 1 aromatic rings. The van der Waals surface area contributed by atoms with Crippen molar-refractivity contribution in [3.05, 3.63) is 33.4 Å². The second-order valence-corrected chi connectivity index (χ2v) is 5.30. The van der Waals surface area contributed by atoms with E-state index < -0.39 is 4.92 Å². The summed E-state index contributed by atoms with van der Waals surface area (Å²) in [5.41, 5.74) is 2.20. The van der Waals surface area contributed by atoms with E-state index in [2.05, 4.69) is 12.6 Å². The third-order valence-corrected chi connectivity index (χ3v) is 3.98. The lowest BCUT2D eigenvalue weighted by Crippen LogP contribution is -2.25. The van der Waals surface area contributed by atoms with Crippen molar-refractivity contribution in [2.45, 2.75) is 20.3 Å². The number of nitrogens with zero attached hydrogens (tertiary/aromatic N) is 2. The van der Waals surface area contributed by atoms with Gasteiger partial charge in [-0.2, -0.15) is 12.6 Å². The predicted octanol–water partition coefficient (Wildman–Crippen LogP) is 2.49. The van der Waals surface area contributed by atoms with Gasteiger partial charge >= 0.3 is 0 Å². The highest BCUT2D eigenvalue weighted by atomic mass is 32.1. The van der Waals surface area contributed by atoms with Crippen molar-refractivity contribution < 1.29 is 9.72 Å². The molecule has 1 fully saturated rings. The Morgan fingerprint density at radius 2 is 2.11 bits per heavy atom. The highest BCUT2D eigenvalue weighted by molar-refractivity contribution is 7.80. The number of carbonyl (C=O) groups excluding carboxylic acids is 1. The van der Waals surface area contributed by atoms with E-state index in [1.807, 2.05) is 6.92 Å². The molecule has 0 radical (unpaired) electrons. The van der Waals surface area contributed by atoms with Crippen LogP contribution in [0.25, 0.3) is 0 Å². The number of carbonyl (C=O) groups is 1. The normalized spacial score (nSPS) is 19.0. The fraction of sp³-hybridized carbons (Fsp3) is 0.462. The molecule has 102 valence electrons. The summed E-state index contributed by atoms with van der Waals surface area (Å²) in [6, 6.07) is 3.26. The Kier molecular flexibility index (Phi) is 3.80. The molecule has 2 rings (SSSR count). The molecule has 1 aliphatic rings. The number of nitro benzene ring substituents is 1. The lowest BCUT2D eigenvalue weighted by Gasteiger charge is -2.19. The number of anilines is 1. The summed E-state index contributed by atoms with van der Waals surface area (Å²) in [4.78, 5) is 24.2. The summed E-state index contributed by atoms with van der Waals surface area (Å²) in [7, 11) is 0. The van der Waals surface area contributed by atoms with Crippen LogP contribution in [0.2, 0.25) is 0 Å². The summed E-state index contributed by atoms with van der Waals surface area (Å²) in [5, 5.41) is 11.0. The molecule has 1 aromatic carbocycles. The van der Waals surface area contributed by atoms with Crippen LogP contribution in [-0.2, 0) is 4.79 Å². The maximum atomic E-state index is 12.0. The van der Waals surface area contributed by atoms with Crippen LogP contribution in [0.5, 0.6) is 0 Å². The smallest absolute Gasteiger partial charge is 0.274 e. The number of rotatable bonds is 3. The number of benzene rings is 1. The quantitative estimate of drug-likeness (QED) is 0.525. The summed E-state index contributed by atoms with van der Waals surface area (Å²) < 4.78 is 0. The average molecular weight is 280 g/mol. The highest BCUT2D eigenvalue weighted by Gasteiger charge is 2.31. The molecule has 0 bridgehead atoms. The van der Waals surface area contributed by atoms with Gasteiger partial charge in [-0.1, -0.05) is 0 Å². The third-order valence-electron chi connectivity index (χ3n) is 3.47. The van der Waals surface area contributed by atoms with Gasteiger partial charge in [0.2, 0.25) is 5.91 Å². The van der Waals surface area contributed by atoms with Gasteiger partial charge in [-0.05, 0) is 37.1 Å². The van der Waals surface area contributed by atoms with E-state index in [4.69, 9.17) is 0 Å². The van der Waals surface area contributed by atoms with E-state index in [-0.39, 0.29) is 17.5 Å². The zero-order chi connectivity index (χ0) is 14.2. The SMILES string of the molecule is Cc1cc(C)c([N+](=O)[O-])cc1N1CC(CS)CC1=O. The van der Waals surface area contributed by atoms with Crippen molar-refractivity contribution in [2.75, 3.05) is 17.2 Å². The van der Waals surface area contributed by atoms with Crippen molar-refractivity contribution in [3.63, 3.8) is 0 Å². The molecule has 0 N–H and O–H groups in total. The van der Waals surface area contributed by atoms with Crippen LogP contribution in [0.4, 0.5) is 11.4 Å². The van der Waals surface area contributed by atoms with Crippen molar-refractivity contribution in [2.24, 2.45) is 5.92 Å². The van der Waals surface area contributed by atoms with Crippen molar-refractivity contribution in [1.29, 1.82) is 0 Å². The van der Waals surface area contributed by atoms with Gasteiger partial charge < -0.3 is 4.90 Å². The highest BCUT2D eigenvalue weighted by Crippen LogP contribution is 2.33. The molecular weight excluding hydrogens is 264 g/mol. The van der Waals surface area contributed by atoms with Gasteiger partial charge in [-0.15, -0.1) is 0 Å². The maximum Gasteiger partial charge on any atom is 0.274 e. The van der Waals surface area contributed by atoms with Crippen LogP contribution >= 0.6 is 12.6 Å². The van der Waals surface area contributed by atoms with Gasteiger partial charge in [-0.25, -0.2) is 0 Å². The number of nitro groups is 1. The Labute approximate surface area is 117 Å². The third kappa shape index (κ3) is 2.58. The molecular formula is C13H16N2O3S. The minimum atomic E-state index is -0.408. The first kappa shape index (κ1) is 13.9. The van der Waals surface area contributed by atoms with Gasteiger partial charge in [0.05, 0.1) is 10.6 Å². The minimum absolute atomic E-state index is 0.0142.